The minimum Gasteiger partial charge on any atom is -0.477 e. The van der Waals surface area contributed by atoms with Gasteiger partial charge in [-0.15, -0.1) is 0 Å². The van der Waals surface area contributed by atoms with Crippen LogP contribution in [0.1, 0.15) is 10.4 Å². The van der Waals surface area contributed by atoms with Gasteiger partial charge in [-0.3, -0.25) is 15.0 Å². The lowest BCUT2D eigenvalue weighted by atomic mass is 10.1. The first-order valence-electron chi connectivity index (χ1n) is 9.62. The minimum absolute atomic E-state index is 0.0913. The molecule has 0 unspecified atom stereocenters. The summed E-state index contributed by atoms with van der Waals surface area (Å²) in [7, 11) is 0. The molecular formula is C20H16F3N5O4. The van der Waals surface area contributed by atoms with Crippen molar-refractivity contribution in [1.82, 2.24) is 9.72 Å². The number of carboxylic acid groups (broad SMARTS) is 1. The van der Waals surface area contributed by atoms with Crippen LogP contribution in [0.5, 0.6) is 0 Å². The van der Waals surface area contributed by atoms with Crippen LogP contribution in [0.25, 0.3) is 27.7 Å². The zero-order chi connectivity index (χ0) is 22.7. The second-order valence-electron chi connectivity index (χ2n) is 7.32. The minimum atomic E-state index is -1.68. The van der Waals surface area contributed by atoms with Gasteiger partial charge in [0, 0.05) is 32.2 Å². The summed E-state index contributed by atoms with van der Waals surface area (Å²) in [5.41, 5.74) is -1.89. The highest BCUT2D eigenvalue weighted by molar-refractivity contribution is 6.06. The lowest BCUT2D eigenvalue weighted by molar-refractivity contribution is 0.0696. The predicted molar refractivity (Wildman–Crippen MR) is 111 cm³/mol. The van der Waals surface area contributed by atoms with Crippen molar-refractivity contribution in [2.75, 3.05) is 36.5 Å². The van der Waals surface area contributed by atoms with E-state index in [1.54, 1.807) is 0 Å². The van der Waals surface area contributed by atoms with E-state index in [9.17, 15) is 19.1 Å². The quantitative estimate of drug-likeness (QED) is 0.278. The third-order valence-corrected chi connectivity index (χ3v) is 5.59. The normalized spacial score (nSPS) is 14.6. The molecule has 1 aliphatic rings. The standard InChI is InChI=1S/C20H16F3N5O4/c21-8-1-2-9-10(7-8)32-19-12(20(30)31)18(29)11-15(26-24)13(22)17(14(23)16(11)28(9)19)27-5-3-25-4-6-27/h1-2,7,25-26H,3-6,24H2,(H,30,31). The van der Waals surface area contributed by atoms with Gasteiger partial charge in [0.15, 0.2) is 22.8 Å². The topological polar surface area (TPSA) is 125 Å². The summed E-state index contributed by atoms with van der Waals surface area (Å²) in [4.78, 5) is 26.5. The van der Waals surface area contributed by atoms with Crippen LogP contribution >= 0.6 is 0 Å². The van der Waals surface area contributed by atoms with E-state index in [1.807, 2.05) is 0 Å². The molecule has 2 aromatic heterocycles. The number of carboxylic acids is 1. The highest BCUT2D eigenvalue weighted by Gasteiger charge is 2.32. The van der Waals surface area contributed by atoms with Crippen molar-refractivity contribution < 1.29 is 27.5 Å². The molecule has 3 heterocycles. The fourth-order valence-electron chi connectivity index (χ4n) is 4.21. The van der Waals surface area contributed by atoms with Gasteiger partial charge in [0.25, 0.3) is 0 Å². The molecule has 5 rings (SSSR count). The molecule has 1 saturated heterocycles. The van der Waals surface area contributed by atoms with Crippen molar-refractivity contribution in [1.29, 1.82) is 0 Å². The molecule has 5 N–H and O–H groups in total. The van der Waals surface area contributed by atoms with Crippen LogP contribution in [0.15, 0.2) is 27.4 Å². The molecule has 0 saturated carbocycles. The summed E-state index contributed by atoms with van der Waals surface area (Å²) in [5.74, 6) is 0.934. The number of nitrogens with one attached hydrogen (secondary N) is 2. The molecule has 0 radical (unpaired) electrons. The Labute approximate surface area is 176 Å². The van der Waals surface area contributed by atoms with E-state index >= 15 is 8.78 Å². The maximum absolute atomic E-state index is 16.0. The van der Waals surface area contributed by atoms with Gasteiger partial charge in [-0.25, -0.2) is 18.0 Å². The molecule has 0 aliphatic carbocycles. The largest absolute Gasteiger partial charge is 0.477 e. The van der Waals surface area contributed by atoms with Crippen LogP contribution in [0.4, 0.5) is 24.5 Å². The van der Waals surface area contributed by atoms with E-state index in [0.717, 1.165) is 16.5 Å². The molecule has 0 amide bonds. The number of carbonyl (C=O) groups is 1. The fraction of sp³-hybridized carbons (Fsp3) is 0.200. The molecule has 0 bridgehead atoms. The number of pyridine rings is 1. The van der Waals surface area contributed by atoms with Gasteiger partial charge in [-0.05, 0) is 12.1 Å². The number of rotatable bonds is 3. The van der Waals surface area contributed by atoms with E-state index in [2.05, 4.69) is 10.7 Å². The number of nitrogens with zero attached hydrogens (tertiary/aromatic N) is 2. The zero-order valence-corrected chi connectivity index (χ0v) is 16.3. The Morgan fingerprint density at radius 3 is 2.56 bits per heavy atom. The number of hydrogen-bond donors (Lipinski definition) is 4. The number of aromatic nitrogens is 1. The molecule has 166 valence electrons. The molecule has 32 heavy (non-hydrogen) atoms. The van der Waals surface area contributed by atoms with Gasteiger partial charge in [-0.1, -0.05) is 0 Å². The first-order valence-corrected chi connectivity index (χ1v) is 9.62. The number of oxazole rings is 1. The summed E-state index contributed by atoms with van der Waals surface area (Å²) >= 11 is 0. The molecule has 1 fully saturated rings. The Morgan fingerprint density at radius 2 is 1.91 bits per heavy atom. The molecule has 0 atom stereocenters. The van der Waals surface area contributed by atoms with E-state index in [4.69, 9.17) is 10.3 Å². The number of benzene rings is 2. The Kier molecular flexibility index (Phi) is 4.50. The average molecular weight is 447 g/mol. The summed E-state index contributed by atoms with van der Waals surface area (Å²) in [6.45, 7) is 1.52. The van der Waals surface area contributed by atoms with E-state index in [-0.39, 0.29) is 24.2 Å². The molecular weight excluding hydrogens is 431 g/mol. The molecule has 4 aromatic rings. The number of nitrogen functional groups attached to an aromatic ring is 1. The number of piperazine rings is 1. The number of fused-ring (bicyclic) bond motifs is 5. The summed E-state index contributed by atoms with van der Waals surface area (Å²) in [6, 6.07) is 3.30. The Morgan fingerprint density at radius 1 is 1.19 bits per heavy atom. The molecule has 1 aliphatic heterocycles. The fourth-order valence-corrected chi connectivity index (χ4v) is 4.21. The van der Waals surface area contributed by atoms with Gasteiger partial charge in [0.2, 0.25) is 11.1 Å². The van der Waals surface area contributed by atoms with E-state index in [0.29, 0.717) is 13.1 Å². The molecule has 9 nitrogen and oxygen atoms in total. The predicted octanol–water partition coefficient (Wildman–Crippen LogP) is 2.01. The smallest absolute Gasteiger partial charge is 0.345 e. The maximum atomic E-state index is 16.0. The lowest BCUT2D eigenvalue weighted by Crippen LogP contribution is -2.44. The summed E-state index contributed by atoms with van der Waals surface area (Å²) in [6.07, 6.45) is 0. The van der Waals surface area contributed by atoms with Crippen molar-refractivity contribution in [2.24, 2.45) is 5.84 Å². The van der Waals surface area contributed by atoms with Gasteiger partial charge in [-0.2, -0.15) is 0 Å². The first-order chi connectivity index (χ1) is 15.3. The van der Waals surface area contributed by atoms with Crippen molar-refractivity contribution in [3.8, 4) is 0 Å². The third kappa shape index (κ3) is 2.66. The number of anilines is 2. The first kappa shape index (κ1) is 20.2. The van der Waals surface area contributed by atoms with Gasteiger partial charge in [0.05, 0.1) is 10.9 Å². The van der Waals surface area contributed by atoms with Crippen molar-refractivity contribution in [3.05, 3.63) is 51.4 Å². The van der Waals surface area contributed by atoms with Gasteiger partial charge < -0.3 is 25.2 Å². The Balaban J connectivity index is 2.07. The second kappa shape index (κ2) is 7.14. The Hall–Kier alpha value is -3.77. The third-order valence-electron chi connectivity index (χ3n) is 5.59. The van der Waals surface area contributed by atoms with Crippen LogP contribution in [0.2, 0.25) is 0 Å². The van der Waals surface area contributed by atoms with Crippen LogP contribution in [0, 0.1) is 17.5 Å². The van der Waals surface area contributed by atoms with Gasteiger partial charge in [0.1, 0.15) is 22.7 Å². The van der Waals surface area contributed by atoms with Gasteiger partial charge >= 0.3 is 5.97 Å². The lowest BCUT2D eigenvalue weighted by Gasteiger charge is -2.31. The number of hydrazine groups is 1. The SMILES string of the molecule is NNc1c(F)c(N2CCNCC2)c(F)c2c1c(=O)c(C(=O)O)c1oc3cc(F)ccc3n12. The monoisotopic (exact) mass is 447 g/mol. The number of nitrogens with two attached hydrogens (primary N) is 1. The second-order valence-corrected chi connectivity index (χ2v) is 7.32. The number of hydrogen-bond acceptors (Lipinski definition) is 7. The summed E-state index contributed by atoms with van der Waals surface area (Å²) in [5, 5.41) is 12.1. The highest BCUT2D eigenvalue weighted by atomic mass is 19.1. The van der Waals surface area contributed by atoms with Crippen molar-refractivity contribution in [2.45, 2.75) is 0 Å². The van der Waals surface area contributed by atoms with Crippen molar-refractivity contribution in [3.63, 3.8) is 0 Å². The zero-order valence-electron chi connectivity index (χ0n) is 16.3. The number of aromatic carboxylic acids is 1. The van der Waals surface area contributed by atoms with E-state index in [1.165, 1.54) is 11.0 Å². The molecule has 2 aromatic carbocycles. The van der Waals surface area contributed by atoms with Crippen LogP contribution in [0.3, 0.4) is 0 Å². The number of halogens is 3. The van der Waals surface area contributed by atoms with Crippen molar-refractivity contribution >= 4 is 45.1 Å². The maximum Gasteiger partial charge on any atom is 0.345 e. The van der Waals surface area contributed by atoms with Crippen LogP contribution in [-0.2, 0) is 0 Å². The van der Waals surface area contributed by atoms with Crippen LogP contribution in [-0.4, -0.2) is 41.7 Å². The van der Waals surface area contributed by atoms with E-state index < -0.39 is 62.4 Å². The molecule has 0 spiro atoms. The van der Waals surface area contributed by atoms with Crippen LogP contribution < -0.4 is 26.9 Å². The highest BCUT2D eigenvalue weighted by Crippen LogP contribution is 2.38. The Bertz CT molecular complexity index is 1490. The molecule has 12 heteroatoms. The summed E-state index contributed by atoms with van der Waals surface area (Å²) < 4.78 is 51.7. The average Bonchev–Trinajstić information content (AvgIpc) is 3.12.